The van der Waals surface area contributed by atoms with E-state index in [0.717, 1.165) is 17.7 Å². The maximum atomic E-state index is 11.7. The first kappa shape index (κ1) is 11.0. The Morgan fingerprint density at radius 3 is 2.67 bits per heavy atom. The first-order chi connectivity index (χ1) is 8.74. The molecule has 0 spiro atoms. The number of hydrogen-bond donors (Lipinski definition) is 2. The lowest BCUT2D eigenvalue weighted by Gasteiger charge is -2.04. The summed E-state index contributed by atoms with van der Waals surface area (Å²) in [4.78, 5) is 15.5. The van der Waals surface area contributed by atoms with Gasteiger partial charge >= 0.3 is 0 Å². The van der Waals surface area contributed by atoms with E-state index in [4.69, 9.17) is 10.2 Å². The van der Waals surface area contributed by atoms with E-state index in [1.54, 1.807) is 6.20 Å². The molecular formula is C13H13N3O2. The zero-order chi connectivity index (χ0) is 12.5. The topological polar surface area (TPSA) is 81.2 Å². The van der Waals surface area contributed by atoms with E-state index in [1.165, 1.54) is 6.39 Å². The van der Waals surface area contributed by atoms with Crippen molar-refractivity contribution in [3.8, 4) is 11.3 Å². The highest BCUT2D eigenvalue weighted by molar-refractivity contribution is 5.95. The van der Waals surface area contributed by atoms with Crippen LogP contribution < -0.4 is 11.1 Å². The van der Waals surface area contributed by atoms with E-state index in [2.05, 4.69) is 10.3 Å². The number of nitrogens with zero attached hydrogens (tertiary/aromatic N) is 1. The zero-order valence-electron chi connectivity index (χ0n) is 9.67. The molecule has 2 unspecified atom stereocenters. The van der Waals surface area contributed by atoms with E-state index in [0.29, 0.717) is 5.76 Å². The van der Waals surface area contributed by atoms with Gasteiger partial charge in [-0.2, -0.15) is 0 Å². The maximum Gasteiger partial charge on any atom is 0.229 e. The molecule has 0 radical (unpaired) electrons. The lowest BCUT2D eigenvalue weighted by Crippen LogP contribution is -2.18. The van der Waals surface area contributed by atoms with E-state index in [1.807, 2.05) is 24.3 Å². The van der Waals surface area contributed by atoms with Gasteiger partial charge in [-0.25, -0.2) is 4.98 Å². The molecule has 1 aliphatic carbocycles. The first-order valence-corrected chi connectivity index (χ1v) is 5.79. The minimum absolute atomic E-state index is 0.00471. The van der Waals surface area contributed by atoms with Crippen LogP contribution in [0, 0.1) is 5.92 Å². The minimum Gasteiger partial charge on any atom is -0.444 e. The second-order valence-electron chi connectivity index (χ2n) is 4.44. The summed E-state index contributed by atoms with van der Waals surface area (Å²) in [6, 6.07) is 7.46. The Kier molecular flexibility index (Phi) is 2.60. The summed E-state index contributed by atoms with van der Waals surface area (Å²) in [5.74, 6) is 0.672. The van der Waals surface area contributed by atoms with Crippen LogP contribution in [0.1, 0.15) is 6.42 Å². The van der Waals surface area contributed by atoms with Crippen LogP contribution in [0.5, 0.6) is 0 Å². The van der Waals surface area contributed by atoms with E-state index < -0.39 is 0 Å². The standard InChI is InChI=1S/C13H13N3O2/c14-11-5-10(11)13(17)16-9-3-1-8(2-4-9)12-6-15-7-18-12/h1-4,6-7,10-11H,5,14H2,(H,16,17). The molecule has 3 rings (SSSR count). The number of hydrogen-bond acceptors (Lipinski definition) is 4. The molecule has 1 aliphatic rings. The van der Waals surface area contributed by atoms with E-state index >= 15 is 0 Å². The summed E-state index contributed by atoms with van der Waals surface area (Å²) in [6.07, 6.45) is 3.82. The van der Waals surface area contributed by atoms with Gasteiger partial charge in [0.2, 0.25) is 5.91 Å². The molecule has 0 aliphatic heterocycles. The highest BCUT2D eigenvalue weighted by Crippen LogP contribution is 2.29. The minimum atomic E-state index is -0.0287. The van der Waals surface area contributed by atoms with Crippen LogP contribution >= 0.6 is 0 Å². The van der Waals surface area contributed by atoms with Gasteiger partial charge in [0.15, 0.2) is 12.2 Å². The quantitative estimate of drug-likeness (QED) is 0.858. The molecule has 2 aromatic rings. The van der Waals surface area contributed by atoms with Crippen molar-refractivity contribution in [3.05, 3.63) is 36.9 Å². The normalized spacial score (nSPS) is 21.6. The van der Waals surface area contributed by atoms with Crippen LogP contribution in [0.4, 0.5) is 5.69 Å². The number of rotatable bonds is 3. The molecule has 1 aromatic heterocycles. The average molecular weight is 243 g/mol. The number of carbonyl (C=O) groups is 1. The Balaban J connectivity index is 1.69. The van der Waals surface area contributed by atoms with Crippen molar-refractivity contribution in [2.45, 2.75) is 12.5 Å². The predicted molar refractivity (Wildman–Crippen MR) is 66.7 cm³/mol. The Bertz CT molecular complexity index is 548. The Morgan fingerprint density at radius 2 is 2.11 bits per heavy atom. The number of benzene rings is 1. The highest BCUT2D eigenvalue weighted by atomic mass is 16.3. The average Bonchev–Trinajstić information content (AvgIpc) is 2.91. The summed E-state index contributed by atoms with van der Waals surface area (Å²) < 4.78 is 5.19. The summed E-state index contributed by atoms with van der Waals surface area (Å²) in [5.41, 5.74) is 7.32. The molecule has 1 fully saturated rings. The van der Waals surface area contributed by atoms with Gasteiger partial charge in [-0.15, -0.1) is 0 Å². The maximum absolute atomic E-state index is 11.7. The largest absolute Gasteiger partial charge is 0.444 e. The Labute approximate surface area is 104 Å². The van der Waals surface area contributed by atoms with Gasteiger partial charge < -0.3 is 15.5 Å². The molecule has 1 amide bonds. The van der Waals surface area contributed by atoms with Crippen LogP contribution in [0.3, 0.4) is 0 Å². The van der Waals surface area contributed by atoms with Crippen LogP contribution in [0.15, 0.2) is 41.3 Å². The van der Waals surface area contributed by atoms with Gasteiger partial charge in [0.1, 0.15) is 0 Å². The molecule has 18 heavy (non-hydrogen) atoms. The SMILES string of the molecule is NC1CC1C(=O)Nc1ccc(-c2cnco2)cc1. The summed E-state index contributed by atoms with van der Waals surface area (Å²) in [5, 5.41) is 2.84. The van der Waals surface area contributed by atoms with Crippen molar-refractivity contribution in [2.24, 2.45) is 11.7 Å². The number of anilines is 1. The van der Waals surface area contributed by atoms with Gasteiger partial charge in [-0.3, -0.25) is 4.79 Å². The molecule has 2 atom stereocenters. The van der Waals surface area contributed by atoms with Gasteiger partial charge in [-0.05, 0) is 30.7 Å². The third kappa shape index (κ3) is 2.12. The lowest BCUT2D eigenvalue weighted by molar-refractivity contribution is -0.117. The predicted octanol–water partition coefficient (Wildman–Crippen LogP) is 1.63. The first-order valence-electron chi connectivity index (χ1n) is 5.79. The van der Waals surface area contributed by atoms with Crippen molar-refractivity contribution in [3.63, 3.8) is 0 Å². The molecule has 5 nitrogen and oxygen atoms in total. The van der Waals surface area contributed by atoms with Crippen LogP contribution in [0.2, 0.25) is 0 Å². The van der Waals surface area contributed by atoms with Gasteiger partial charge in [0.25, 0.3) is 0 Å². The van der Waals surface area contributed by atoms with Crippen molar-refractivity contribution in [1.82, 2.24) is 4.98 Å². The van der Waals surface area contributed by atoms with Crippen molar-refractivity contribution in [2.75, 3.05) is 5.32 Å². The fraction of sp³-hybridized carbons (Fsp3) is 0.231. The zero-order valence-corrected chi connectivity index (χ0v) is 9.67. The molecule has 1 aromatic carbocycles. The fourth-order valence-electron chi connectivity index (χ4n) is 1.83. The molecule has 5 heteroatoms. The monoisotopic (exact) mass is 243 g/mol. The number of carbonyl (C=O) groups excluding carboxylic acids is 1. The molecule has 0 saturated heterocycles. The Hall–Kier alpha value is -2.14. The van der Waals surface area contributed by atoms with Crippen LogP contribution in [0.25, 0.3) is 11.3 Å². The summed E-state index contributed by atoms with van der Waals surface area (Å²) in [7, 11) is 0. The fourth-order valence-corrected chi connectivity index (χ4v) is 1.83. The Morgan fingerprint density at radius 1 is 1.39 bits per heavy atom. The summed E-state index contributed by atoms with van der Waals surface area (Å²) in [6.45, 7) is 0. The smallest absolute Gasteiger partial charge is 0.229 e. The van der Waals surface area contributed by atoms with Gasteiger partial charge in [0, 0.05) is 17.3 Å². The van der Waals surface area contributed by atoms with Crippen LogP contribution in [-0.2, 0) is 4.79 Å². The van der Waals surface area contributed by atoms with Crippen molar-refractivity contribution >= 4 is 11.6 Å². The van der Waals surface area contributed by atoms with Gasteiger partial charge in [0.05, 0.1) is 12.1 Å². The molecule has 92 valence electrons. The molecule has 1 heterocycles. The van der Waals surface area contributed by atoms with Gasteiger partial charge in [-0.1, -0.05) is 0 Å². The molecule has 1 saturated carbocycles. The lowest BCUT2D eigenvalue weighted by atomic mass is 10.1. The number of nitrogens with one attached hydrogen (secondary N) is 1. The third-order valence-corrected chi connectivity index (χ3v) is 3.05. The van der Waals surface area contributed by atoms with Crippen molar-refractivity contribution < 1.29 is 9.21 Å². The van der Waals surface area contributed by atoms with Crippen molar-refractivity contribution in [1.29, 1.82) is 0 Å². The van der Waals surface area contributed by atoms with E-state index in [9.17, 15) is 4.79 Å². The summed E-state index contributed by atoms with van der Waals surface area (Å²) >= 11 is 0. The number of aromatic nitrogens is 1. The third-order valence-electron chi connectivity index (χ3n) is 3.05. The molecule has 3 N–H and O–H groups in total. The van der Waals surface area contributed by atoms with E-state index in [-0.39, 0.29) is 17.9 Å². The number of nitrogens with two attached hydrogens (primary N) is 1. The number of oxazole rings is 1. The molecular weight excluding hydrogens is 230 g/mol. The second-order valence-corrected chi connectivity index (χ2v) is 4.44. The van der Waals surface area contributed by atoms with Crippen LogP contribution in [-0.4, -0.2) is 16.9 Å². The highest BCUT2D eigenvalue weighted by Gasteiger charge is 2.39. The molecule has 0 bridgehead atoms. The number of amides is 1. The second kappa shape index (κ2) is 4.27.